The van der Waals surface area contributed by atoms with E-state index in [-0.39, 0.29) is 5.92 Å². The van der Waals surface area contributed by atoms with E-state index in [0.717, 1.165) is 30.9 Å². The molecule has 0 radical (unpaired) electrons. The molecule has 19 heavy (non-hydrogen) atoms. The SMILES string of the molecule is CC(C#N)CNC(C)CCc1ccc2c(c1)OCO2. The van der Waals surface area contributed by atoms with Gasteiger partial charge in [0.25, 0.3) is 0 Å². The van der Waals surface area contributed by atoms with Crippen molar-refractivity contribution >= 4 is 0 Å². The minimum atomic E-state index is 0.0630. The van der Waals surface area contributed by atoms with Gasteiger partial charge < -0.3 is 14.8 Å². The lowest BCUT2D eigenvalue weighted by molar-refractivity contribution is 0.174. The van der Waals surface area contributed by atoms with Crippen LogP contribution in [-0.4, -0.2) is 19.4 Å². The van der Waals surface area contributed by atoms with Crippen LogP contribution in [0.4, 0.5) is 0 Å². The zero-order valence-electron chi connectivity index (χ0n) is 11.5. The standard InChI is InChI=1S/C15H20N2O2/c1-11(8-16)9-17-12(2)3-4-13-5-6-14-15(7-13)19-10-18-14/h5-7,11-12,17H,3-4,9-10H2,1-2H3. The van der Waals surface area contributed by atoms with E-state index in [2.05, 4.69) is 24.4 Å². The van der Waals surface area contributed by atoms with Gasteiger partial charge in [0.1, 0.15) is 0 Å². The first-order valence-corrected chi connectivity index (χ1v) is 6.70. The highest BCUT2D eigenvalue weighted by atomic mass is 16.7. The van der Waals surface area contributed by atoms with Crippen molar-refractivity contribution in [2.75, 3.05) is 13.3 Å². The molecule has 0 saturated carbocycles. The molecule has 0 aliphatic carbocycles. The number of hydrogen-bond donors (Lipinski definition) is 1. The number of aryl methyl sites for hydroxylation is 1. The smallest absolute Gasteiger partial charge is 0.231 e. The van der Waals surface area contributed by atoms with Crippen molar-refractivity contribution in [1.29, 1.82) is 5.26 Å². The normalized spacial score (nSPS) is 15.8. The molecular formula is C15H20N2O2. The molecule has 2 rings (SSSR count). The van der Waals surface area contributed by atoms with Crippen molar-refractivity contribution in [2.45, 2.75) is 32.7 Å². The molecular weight excluding hydrogens is 240 g/mol. The van der Waals surface area contributed by atoms with Gasteiger partial charge in [0.2, 0.25) is 6.79 Å². The topological polar surface area (TPSA) is 54.3 Å². The zero-order chi connectivity index (χ0) is 13.7. The average Bonchev–Trinajstić information content (AvgIpc) is 2.89. The summed E-state index contributed by atoms with van der Waals surface area (Å²) in [4.78, 5) is 0. The van der Waals surface area contributed by atoms with Crippen molar-refractivity contribution in [2.24, 2.45) is 5.92 Å². The second-order valence-electron chi connectivity index (χ2n) is 5.07. The van der Waals surface area contributed by atoms with Crippen molar-refractivity contribution in [3.05, 3.63) is 23.8 Å². The third-order valence-corrected chi connectivity index (χ3v) is 3.30. The maximum Gasteiger partial charge on any atom is 0.231 e. The Morgan fingerprint density at radius 3 is 2.89 bits per heavy atom. The summed E-state index contributed by atoms with van der Waals surface area (Å²) in [6.45, 7) is 5.15. The van der Waals surface area contributed by atoms with E-state index >= 15 is 0 Å². The summed E-state index contributed by atoms with van der Waals surface area (Å²) in [6, 6.07) is 8.73. The van der Waals surface area contributed by atoms with E-state index in [0.29, 0.717) is 12.8 Å². The average molecular weight is 260 g/mol. The molecule has 0 aromatic heterocycles. The molecule has 0 amide bonds. The summed E-state index contributed by atoms with van der Waals surface area (Å²) < 4.78 is 10.7. The minimum absolute atomic E-state index is 0.0630. The molecule has 1 aliphatic rings. The molecule has 2 unspecified atom stereocenters. The molecule has 1 aromatic carbocycles. The van der Waals surface area contributed by atoms with Gasteiger partial charge in [-0.25, -0.2) is 0 Å². The van der Waals surface area contributed by atoms with Gasteiger partial charge in [-0.2, -0.15) is 5.26 Å². The molecule has 4 nitrogen and oxygen atoms in total. The highest BCUT2D eigenvalue weighted by molar-refractivity contribution is 5.44. The molecule has 0 bridgehead atoms. The van der Waals surface area contributed by atoms with Crippen LogP contribution in [0.1, 0.15) is 25.8 Å². The van der Waals surface area contributed by atoms with Gasteiger partial charge in [-0.1, -0.05) is 6.07 Å². The Morgan fingerprint density at radius 1 is 1.32 bits per heavy atom. The van der Waals surface area contributed by atoms with E-state index < -0.39 is 0 Å². The van der Waals surface area contributed by atoms with Crippen molar-refractivity contribution in [3.8, 4) is 17.6 Å². The first-order chi connectivity index (χ1) is 9.19. The number of ether oxygens (including phenoxy) is 2. The molecule has 0 fully saturated rings. The van der Waals surface area contributed by atoms with Crippen LogP contribution in [0, 0.1) is 17.2 Å². The summed E-state index contributed by atoms with van der Waals surface area (Å²) >= 11 is 0. The first kappa shape index (κ1) is 13.7. The van der Waals surface area contributed by atoms with Crippen LogP contribution in [0.15, 0.2) is 18.2 Å². The molecule has 1 heterocycles. The monoisotopic (exact) mass is 260 g/mol. The van der Waals surface area contributed by atoms with Crippen LogP contribution in [0.2, 0.25) is 0 Å². The molecule has 0 spiro atoms. The Bertz CT molecular complexity index is 468. The Kier molecular flexibility index (Phi) is 4.64. The van der Waals surface area contributed by atoms with Crippen LogP contribution >= 0.6 is 0 Å². The number of nitrogens with one attached hydrogen (secondary N) is 1. The van der Waals surface area contributed by atoms with Gasteiger partial charge in [0, 0.05) is 12.6 Å². The lowest BCUT2D eigenvalue weighted by atomic mass is 10.1. The summed E-state index contributed by atoms with van der Waals surface area (Å²) in [5.41, 5.74) is 1.26. The van der Waals surface area contributed by atoms with E-state index in [9.17, 15) is 0 Å². The fourth-order valence-electron chi connectivity index (χ4n) is 2.01. The lowest BCUT2D eigenvalue weighted by Crippen LogP contribution is -2.30. The minimum Gasteiger partial charge on any atom is -0.454 e. The fourth-order valence-corrected chi connectivity index (χ4v) is 2.01. The predicted octanol–water partition coefficient (Wildman–Crippen LogP) is 2.49. The van der Waals surface area contributed by atoms with Crippen LogP contribution in [-0.2, 0) is 6.42 Å². The van der Waals surface area contributed by atoms with E-state index in [1.165, 1.54) is 5.56 Å². The predicted molar refractivity (Wildman–Crippen MR) is 73.1 cm³/mol. The second-order valence-corrected chi connectivity index (χ2v) is 5.07. The highest BCUT2D eigenvalue weighted by Gasteiger charge is 2.13. The number of rotatable bonds is 6. The van der Waals surface area contributed by atoms with Gasteiger partial charge in [-0.05, 0) is 44.4 Å². The second kappa shape index (κ2) is 6.44. The Balaban J connectivity index is 1.77. The molecule has 1 aromatic rings. The van der Waals surface area contributed by atoms with Gasteiger partial charge in [-0.15, -0.1) is 0 Å². The van der Waals surface area contributed by atoms with Crippen LogP contribution < -0.4 is 14.8 Å². The lowest BCUT2D eigenvalue weighted by Gasteiger charge is -2.14. The van der Waals surface area contributed by atoms with E-state index in [1.54, 1.807) is 0 Å². The maximum atomic E-state index is 8.73. The summed E-state index contributed by atoms with van der Waals surface area (Å²) in [5.74, 6) is 1.74. The fraction of sp³-hybridized carbons (Fsp3) is 0.533. The van der Waals surface area contributed by atoms with Crippen LogP contribution in [0.3, 0.4) is 0 Å². The van der Waals surface area contributed by atoms with Gasteiger partial charge in [0.05, 0.1) is 12.0 Å². The van der Waals surface area contributed by atoms with Gasteiger partial charge in [-0.3, -0.25) is 0 Å². The van der Waals surface area contributed by atoms with Crippen LogP contribution in [0.5, 0.6) is 11.5 Å². The highest BCUT2D eigenvalue weighted by Crippen LogP contribution is 2.32. The summed E-state index contributed by atoms with van der Waals surface area (Å²) in [6.07, 6.45) is 2.03. The third-order valence-electron chi connectivity index (χ3n) is 3.30. The Labute approximate surface area is 114 Å². The van der Waals surface area contributed by atoms with E-state index in [4.69, 9.17) is 14.7 Å². The number of nitrogens with zero attached hydrogens (tertiary/aromatic N) is 1. The molecule has 1 aliphatic heterocycles. The summed E-state index contributed by atoms with van der Waals surface area (Å²) in [5, 5.41) is 12.1. The summed E-state index contributed by atoms with van der Waals surface area (Å²) in [7, 11) is 0. The number of fused-ring (bicyclic) bond motifs is 1. The zero-order valence-corrected chi connectivity index (χ0v) is 11.5. The van der Waals surface area contributed by atoms with Crippen molar-refractivity contribution < 1.29 is 9.47 Å². The maximum absolute atomic E-state index is 8.73. The number of nitriles is 1. The first-order valence-electron chi connectivity index (χ1n) is 6.70. The molecule has 0 saturated heterocycles. The van der Waals surface area contributed by atoms with E-state index in [1.807, 2.05) is 19.1 Å². The largest absolute Gasteiger partial charge is 0.454 e. The molecule has 102 valence electrons. The molecule has 4 heteroatoms. The molecule has 1 N–H and O–H groups in total. The van der Waals surface area contributed by atoms with Crippen molar-refractivity contribution in [3.63, 3.8) is 0 Å². The van der Waals surface area contributed by atoms with Crippen LogP contribution in [0.25, 0.3) is 0 Å². The Morgan fingerprint density at radius 2 is 2.11 bits per heavy atom. The number of hydrogen-bond acceptors (Lipinski definition) is 4. The Hall–Kier alpha value is -1.73. The quantitative estimate of drug-likeness (QED) is 0.853. The number of benzene rings is 1. The van der Waals surface area contributed by atoms with Crippen molar-refractivity contribution in [1.82, 2.24) is 5.32 Å². The van der Waals surface area contributed by atoms with Gasteiger partial charge >= 0.3 is 0 Å². The molecule has 2 atom stereocenters. The van der Waals surface area contributed by atoms with Gasteiger partial charge in [0.15, 0.2) is 11.5 Å². The third kappa shape index (κ3) is 3.87.